The highest BCUT2D eigenvalue weighted by Crippen LogP contribution is 1.99. The van der Waals surface area contributed by atoms with Gasteiger partial charge in [0.05, 0.1) is 0 Å². The molecule has 1 aromatic rings. The lowest BCUT2D eigenvalue weighted by Crippen LogP contribution is -3.00. The van der Waals surface area contributed by atoms with Crippen molar-refractivity contribution >= 4 is 0 Å². The molecule has 1 heterocycles. The summed E-state index contributed by atoms with van der Waals surface area (Å²) in [5.74, 6) is 0. The Hall–Kier alpha value is -0.600. The van der Waals surface area contributed by atoms with E-state index in [0.29, 0.717) is 6.61 Å². The molecule has 0 aliphatic rings. The Labute approximate surface area is 98.4 Å². The van der Waals surface area contributed by atoms with E-state index in [2.05, 4.69) is 36.0 Å². The molecule has 0 radical (unpaired) electrons. The molecule has 0 aliphatic carbocycles. The third-order valence-corrected chi connectivity index (χ3v) is 2.38. The number of hydrogen-bond donors (Lipinski definition) is 1. The second-order valence-electron chi connectivity index (χ2n) is 3.75. The summed E-state index contributed by atoms with van der Waals surface area (Å²) in [7, 11) is 0. The zero-order valence-corrected chi connectivity index (χ0v) is 10.1. The number of nitrogens with zero attached hydrogens (tertiary/aromatic N) is 1. The van der Waals surface area contributed by atoms with Gasteiger partial charge in [0.1, 0.15) is 6.54 Å². The molecule has 15 heavy (non-hydrogen) atoms. The zero-order valence-electron chi connectivity index (χ0n) is 9.32. The van der Waals surface area contributed by atoms with Crippen LogP contribution in [0.5, 0.6) is 0 Å². The highest BCUT2D eigenvalue weighted by atomic mass is 35.5. The second-order valence-corrected chi connectivity index (χ2v) is 3.75. The van der Waals surface area contributed by atoms with Crippen LogP contribution in [0.15, 0.2) is 24.5 Å². The highest BCUT2D eigenvalue weighted by molar-refractivity contribution is 5.03. The average Bonchev–Trinajstić information content (AvgIpc) is 2.21. The molecule has 0 fully saturated rings. The minimum Gasteiger partial charge on any atom is -1.00 e. The van der Waals surface area contributed by atoms with Gasteiger partial charge in [-0.3, -0.25) is 0 Å². The van der Waals surface area contributed by atoms with Crippen molar-refractivity contribution in [3.05, 3.63) is 30.1 Å². The van der Waals surface area contributed by atoms with Crippen LogP contribution in [0.4, 0.5) is 0 Å². The minimum absolute atomic E-state index is 0. The molecule has 0 amide bonds. The Morgan fingerprint density at radius 2 is 1.67 bits per heavy atom. The third-order valence-electron chi connectivity index (χ3n) is 2.38. The molecule has 86 valence electrons. The Morgan fingerprint density at radius 3 is 2.27 bits per heavy atom. The van der Waals surface area contributed by atoms with Crippen molar-refractivity contribution in [3.63, 3.8) is 0 Å². The molecule has 1 N–H and O–H groups in total. The van der Waals surface area contributed by atoms with Gasteiger partial charge in [0, 0.05) is 25.2 Å². The minimum atomic E-state index is 0. The van der Waals surface area contributed by atoms with Gasteiger partial charge >= 0.3 is 0 Å². The number of pyridine rings is 1. The number of aromatic nitrogens is 1. The van der Waals surface area contributed by atoms with E-state index in [0.717, 1.165) is 19.4 Å². The number of unbranched alkanes of at least 4 members (excludes halogenated alkanes) is 3. The van der Waals surface area contributed by atoms with Crippen LogP contribution in [0.25, 0.3) is 0 Å². The molecule has 2 nitrogen and oxygen atoms in total. The van der Waals surface area contributed by atoms with Crippen LogP contribution >= 0.6 is 0 Å². The lowest BCUT2D eigenvalue weighted by molar-refractivity contribution is -0.697. The predicted octanol–water partition coefficient (Wildman–Crippen LogP) is -1.16. The van der Waals surface area contributed by atoms with E-state index in [1.807, 2.05) is 0 Å². The van der Waals surface area contributed by atoms with Crippen LogP contribution in [-0.4, -0.2) is 11.7 Å². The number of aryl methyl sites for hydroxylation is 2. The monoisotopic (exact) mass is 229 g/mol. The van der Waals surface area contributed by atoms with Crippen LogP contribution in [0.1, 0.15) is 31.2 Å². The van der Waals surface area contributed by atoms with Crippen molar-refractivity contribution in [1.29, 1.82) is 0 Å². The van der Waals surface area contributed by atoms with Gasteiger partial charge in [-0.1, -0.05) is 6.42 Å². The fourth-order valence-electron chi connectivity index (χ4n) is 1.44. The quantitative estimate of drug-likeness (QED) is 0.483. The fourth-order valence-corrected chi connectivity index (χ4v) is 1.44. The van der Waals surface area contributed by atoms with Gasteiger partial charge in [0.25, 0.3) is 0 Å². The highest BCUT2D eigenvalue weighted by Gasteiger charge is 1.98. The second kappa shape index (κ2) is 8.69. The van der Waals surface area contributed by atoms with Crippen molar-refractivity contribution in [2.24, 2.45) is 0 Å². The van der Waals surface area contributed by atoms with Crippen molar-refractivity contribution in [3.8, 4) is 0 Å². The topological polar surface area (TPSA) is 24.1 Å². The van der Waals surface area contributed by atoms with Gasteiger partial charge in [-0.25, -0.2) is 4.57 Å². The summed E-state index contributed by atoms with van der Waals surface area (Å²) in [4.78, 5) is 0. The molecule has 1 aromatic heterocycles. The maximum Gasteiger partial charge on any atom is 0.169 e. The van der Waals surface area contributed by atoms with Gasteiger partial charge in [-0.15, -0.1) is 0 Å². The summed E-state index contributed by atoms with van der Waals surface area (Å²) in [6.45, 7) is 3.52. The maximum absolute atomic E-state index is 8.61. The van der Waals surface area contributed by atoms with Crippen LogP contribution < -0.4 is 17.0 Å². The maximum atomic E-state index is 8.61. The molecule has 0 bridgehead atoms. The first-order valence-electron chi connectivity index (χ1n) is 5.39. The van der Waals surface area contributed by atoms with Gasteiger partial charge in [-0.05, 0) is 25.3 Å². The van der Waals surface area contributed by atoms with Gasteiger partial charge in [0.15, 0.2) is 12.4 Å². The number of aliphatic hydroxyl groups is 1. The van der Waals surface area contributed by atoms with Gasteiger partial charge < -0.3 is 17.5 Å². The van der Waals surface area contributed by atoms with E-state index in [1.165, 1.54) is 18.4 Å². The Balaban J connectivity index is 0.00000196. The molecule has 0 saturated carbocycles. The number of halogens is 1. The molecule has 0 unspecified atom stereocenters. The fraction of sp³-hybridized carbons (Fsp3) is 0.583. The van der Waals surface area contributed by atoms with Crippen LogP contribution in [0.2, 0.25) is 0 Å². The molecule has 1 rings (SSSR count). The lowest BCUT2D eigenvalue weighted by Gasteiger charge is -1.97. The summed E-state index contributed by atoms with van der Waals surface area (Å²) >= 11 is 0. The Morgan fingerprint density at radius 1 is 1.07 bits per heavy atom. The Kier molecular flexibility index (Phi) is 8.34. The molecule has 0 aliphatic heterocycles. The van der Waals surface area contributed by atoms with Crippen molar-refractivity contribution < 1.29 is 22.1 Å². The SMILES string of the molecule is Cc1cc[n+](CCCCCCO)cc1.[Cl-]. The summed E-state index contributed by atoms with van der Waals surface area (Å²) in [6, 6.07) is 4.27. The van der Waals surface area contributed by atoms with E-state index >= 15 is 0 Å². The Bertz CT molecular complexity index is 248. The van der Waals surface area contributed by atoms with Crippen molar-refractivity contribution in [2.75, 3.05) is 6.61 Å². The largest absolute Gasteiger partial charge is 1.00 e. The van der Waals surface area contributed by atoms with Gasteiger partial charge in [0.2, 0.25) is 0 Å². The summed E-state index contributed by atoms with van der Waals surface area (Å²) in [5, 5.41) is 8.61. The molecule has 0 saturated heterocycles. The first kappa shape index (κ1) is 14.4. The molecule has 0 atom stereocenters. The van der Waals surface area contributed by atoms with E-state index < -0.39 is 0 Å². The third kappa shape index (κ3) is 6.47. The first-order valence-corrected chi connectivity index (χ1v) is 5.39. The number of aliphatic hydroxyl groups excluding tert-OH is 1. The van der Waals surface area contributed by atoms with E-state index in [4.69, 9.17) is 5.11 Å². The molecule has 3 heteroatoms. The number of hydrogen-bond acceptors (Lipinski definition) is 1. The predicted molar refractivity (Wildman–Crippen MR) is 56.9 cm³/mol. The van der Waals surface area contributed by atoms with E-state index in [-0.39, 0.29) is 12.4 Å². The van der Waals surface area contributed by atoms with E-state index in [9.17, 15) is 0 Å². The standard InChI is InChI=1S/C12H20NO.ClH/c1-12-6-9-13(10-7-12)8-4-2-3-5-11-14;/h6-7,9-10,14H,2-5,8,11H2,1H3;1H/q+1;/p-1. The zero-order chi connectivity index (χ0) is 10.2. The van der Waals surface area contributed by atoms with Crippen LogP contribution in [0, 0.1) is 6.92 Å². The van der Waals surface area contributed by atoms with Crippen molar-refractivity contribution in [2.45, 2.75) is 39.2 Å². The summed E-state index contributed by atoms with van der Waals surface area (Å²) < 4.78 is 2.21. The molecular formula is C12H20ClNO. The van der Waals surface area contributed by atoms with E-state index in [1.54, 1.807) is 0 Å². The normalized spacial score (nSPS) is 9.73. The van der Waals surface area contributed by atoms with Crippen molar-refractivity contribution in [1.82, 2.24) is 0 Å². The summed E-state index contributed by atoms with van der Waals surface area (Å²) in [5.41, 5.74) is 1.31. The molecular weight excluding hydrogens is 210 g/mol. The smallest absolute Gasteiger partial charge is 0.169 e. The van der Waals surface area contributed by atoms with Crippen LogP contribution in [-0.2, 0) is 6.54 Å². The first-order chi connectivity index (χ1) is 6.83. The van der Waals surface area contributed by atoms with Gasteiger partial charge in [-0.2, -0.15) is 0 Å². The molecule has 0 aromatic carbocycles. The lowest BCUT2D eigenvalue weighted by atomic mass is 10.2. The average molecular weight is 230 g/mol. The number of rotatable bonds is 6. The summed E-state index contributed by atoms with van der Waals surface area (Å²) in [6.07, 6.45) is 8.75. The van der Waals surface area contributed by atoms with Crippen LogP contribution in [0.3, 0.4) is 0 Å². The molecule has 0 spiro atoms.